The summed E-state index contributed by atoms with van der Waals surface area (Å²) in [5.41, 5.74) is 7.29. The van der Waals surface area contributed by atoms with Gasteiger partial charge in [0.15, 0.2) is 11.6 Å². The molecule has 1 aromatic carbocycles. The van der Waals surface area contributed by atoms with E-state index in [4.69, 9.17) is 5.73 Å². The largest absolute Gasteiger partial charge is 0.324 e. The molecule has 0 aliphatic rings. The minimum absolute atomic E-state index is 0.0938. The summed E-state index contributed by atoms with van der Waals surface area (Å²) in [6.45, 7) is 5.57. The maximum absolute atomic E-state index is 13.2. The first-order chi connectivity index (χ1) is 6.93. The standard InChI is InChI=1S/C11H12BrF2N/c1-6(2)5-9(15)7-3-4-8(13)11(14)10(7)12/h3-4,9H,1,5,15H2,2H3. The molecule has 1 atom stereocenters. The van der Waals surface area contributed by atoms with E-state index in [-0.39, 0.29) is 10.5 Å². The number of benzene rings is 1. The van der Waals surface area contributed by atoms with Gasteiger partial charge in [-0.05, 0) is 40.9 Å². The van der Waals surface area contributed by atoms with Gasteiger partial charge in [0.25, 0.3) is 0 Å². The molecule has 1 aromatic rings. The van der Waals surface area contributed by atoms with E-state index < -0.39 is 11.6 Å². The van der Waals surface area contributed by atoms with Gasteiger partial charge in [0.1, 0.15) is 0 Å². The molecule has 0 fully saturated rings. The highest BCUT2D eigenvalue weighted by molar-refractivity contribution is 9.10. The summed E-state index contributed by atoms with van der Waals surface area (Å²) >= 11 is 3.00. The SMILES string of the molecule is C=C(C)CC(N)c1ccc(F)c(F)c1Br. The topological polar surface area (TPSA) is 26.0 Å². The summed E-state index contributed by atoms with van der Waals surface area (Å²) in [4.78, 5) is 0. The normalized spacial score (nSPS) is 12.6. The predicted molar refractivity (Wildman–Crippen MR) is 60.4 cm³/mol. The van der Waals surface area contributed by atoms with Crippen LogP contribution in [0.2, 0.25) is 0 Å². The Morgan fingerprint density at radius 3 is 2.67 bits per heavy atom. The minimum atomic E-state index is -0.898. The molecule has 4 heteroatoms. The van der Waals surface area contributed by atoms with Crippen molar-refractivity contribution in [2.45, 2.75) is 19.4 Å². The van der Waals surface area contributed by atoms with Crippen molar-refractivity contribution >= 4 is 15.9 Å². The van der Waals surface area contributed by atoms with Crippen molar-refractivity contribution in [2.75, 3.05) is 0 Å². The third kappa shape index (κ3) is 2.86. The van der Waals surface area contributed by atoms with Gasteiger partial charge in [0.2, 0.25) is 0 Å². The Labute approximate surface area is 96.1 Å². The zero-order valence-electron chi connectivity index (χ0n) is 8.36. The summed E-state index contributed by atoms with van der Waals surface area (Å²) in [5, 5.41) is 0. The Hall–Kier alpha value is -0.740. The molecule has 0 bridgehead atoms. The Morgan fingerprint density at radius 2 is 2.13 bits per heavy atom. The van der Waals surface area contributed by atoms with Gasteiger partial charge in [-0.1, -0.05) is 11.6 Å². The Bertz CT molecular complexity index is 390. The van der Waals surface area contributed by atoms with Crippen molar-refractivity contribution in [1.82, 2.24) is 0 Å². The van der Waals surface area contributed by atoms with Crippen LogP contribution in [0, 0.1) is 11.6 Å². The van der Waals surface area contributed by atoms with Crippen LogP contribution >= 0.6 is 15.9 Å². The van der Waals surface area contributed by atoms with Crippen molar-refractivity contribution in [1.29, 1.82) is 0 Å². The van der Waals surface area contributed by atoms with E-state index in [1.807, 2.05) is 6.92 Å². The van der Waals surface area contributed by atoms with Gasteiger partial charge >= 0.3 is 0 Å². The van der Waals surface area contributed by atoms with E-state index in [0.717, 1.165) is 11.6 Å². The van der Waals surface area contributed by atoms with Gasteiger partial charge in [-0.2, -0.15) is 0 Å². The lowest BCUT2D eigenvalue weighted by Crippen LogP contribution is -2.12. The monoisotopic (exact) mass is 275 g/mol. The molecule has 0 aliphatic heterocycles. The number of hydrogen-bond acceptors (Lipinski definition) is 1. The number of rotatable bonds is 3. The molecule has 2 N–H and O–H groups in total. The number of halogens is 3. The average molecular weight is 276 g/mol. The fourth-order valence-corrected chi connectivity index (χ4v) is 1.93. The van der Waals surface area contributed by atoms with Crippen LogP contribution in [-0.2, 0) is 0 Å². The molecular formula is C11H12BrF2N. The van der Waals surface area contributed by atoms with Gasteiger partial charge < -0.3 is 5.73 Å². The van der Waals surface area contributed by atoms with Gasteiger partial charge in [-0.15, -0.1) is 6.58 Å². The molecule has 0 spiro atoms. The quantitative estimate of drug-likeness (QED) is 0.661. The molecule has 0 radical (unpaired) electrons. The van der Waals surface area contributed by atoms with E-state index in [1.165, 1.54) is 6.07 Å². The molecule has 15 heavy (non-hydrogen) atoms. The van der Waals surface area contributed by atoms with Crippen LogP contribution in [-0.4, -0.2) is 0 Å². The minimum Gasteiger partial charge on any atom is -0.324 e. The van der Waals surface area contributed by atoms with Crippen LogP contribution in [0.5, 0.6) is 0 Å². The first-order valence-electron chi connectivity index (χ1n) is 4.46. The summed E-state index contributed by atoms with van der Waals surface area (Å²) in [6.07, 6.45) is 0.545. The molecule has 0 aliphatic carbocycles. The second kappa shape index (κ2) is 4.86. The Balaban J connectivity index is 3.05. The van der Waals surface area contributed by atoms with Gasteiger partial charge in [-0.25, -0.2) is 8.78 Å². The van der Waals surface area contributed by atoms with E-state index in [0.29, 0.717) is 12.0 Å². The van der Waals surface area contributed by atoms with Crippen LogP contribution in [0.3, 0.4) is 0 Å². The van der Waals surface area contributed by atoms with Crippen molar-refractivity contribution in [3.8, 4) is 0 Å². The van der Waals surface area contributed by atoms with Gasteiger partial charge in [-0.3, -0.25) is 0 Å². The van der Waals surface area contributed by atoms with Crippen LogP contribution < -0.4 is 5.73 Å². The van der Waals surface area contributed by atoms with E-state index in [9.17, 15) is 8.78 Å². The molecule has 0 amide bonds. The maximum atomic E-state index is 13.2. The molecule has 0 saturated heterocycles. The van der Waals surface area contributed by atoms with Crippen LogP contribution in [0.1, 0.15) is 24.9 Å². The lowest BCUT2D eigenvalue weighted by atomic mass is 10.0. The first kappa shape index (κ1) is 12.3. The fraction of sp³-hybridized carbons (Fsp3) is 0.273. The van der Waals surface area contributed by atoms with Crippen LogP contribution in [0.25, 0.3) is 0 Å². The molecule has 1 nitrogen and oxygen atoms in total. The van der Waals surface area contributed by atoms with Gasteiger partial charge in [0, 0.05) is 6.04 Å². The number of nitrogens with two attached hydrogens (primary N) is 1. The summed E-state index contributed by atoms with van der Waals surface area (Å²) in [5.74, 6) is -1.78. The molecule has 82 valence electrons. The van der Waals surface area contributed by atoms with E-state index in [1.54, 1.807) is 0 Å². The molecule has 1 rings (SSSR count). The highest BCUT2D eigenvalue weighted by Gasteiger charge is 2.15. The van der Waals surface area contributed by atoms with Crippen molar-refractivity contribution in [3.05, 3.63) is 46.0 Å². The smallest absolute Gasteiger partial charge is 0.173 e. The summed E-state index contributed by atoms with van der Waals surface area (Å²) in [7, 11) is 0. The first-order valence-corrected chi connectivity index (χ1v) is 5.26. The molecule has 1 unspecified atom stereocenters. The molecule has 0 saturated carbocycles. The van der Waals surface area contributed by atoms with Crippen LogP contribution in [0.15, 0.2) is 28.8 Å². The fourth-order valence-electron chi connectivity index (χ4n) is 1.31. The lowest BCUT2D eigenvalue weighted by Gasteiger charge is -2.14. The molecule has 0 heterocycles. The summed E-state index contributed by atoms with van der Waals surface area (Å²) < 4.78 is 26.1. The molecular weight excluding hydrogens is 264 g/mol. The zero-order valence-corrected chi connectivity index (χ0v) is 9.94. The highest BCUT2D eigenvalue weighted by atomic mass is 79.9. The maximum Gasteiger partial charge on any atom is 0.173 e. The second-order valence-electron chi connectivity index (χ2n) is 3.53. The van der Waals surface area contributed by atoms with Crippen LogP contribution in [0.4, 0.5) is 8.78 Å². The number of hydrogen-bond donors (Lipinski definition) is 1. The third-order valence-corrected chi connectivity index (χ3v) is 2.84. The average Bonchev–Trinajstić information content (AvgIpc) is 2.13. The van der Waals surface area contributed by atoms with Gasteiger partial charge in [0.05, 0.1) is 4.47 Å². The molecule has 0 aromatic heterocycles. The Morgan fingerprint density at radius 1 is 1.53 bits per heavy atom. The second-order valence-corrected chi connectivity index (χ2v) is 4.33. The zero-order chi connectivity index (χ0) is 11.6. The lowest BCUT2D eigenvalue weighted by molar-refractivity contribution is 0.500. The van der Waals surface area contributed by atoms with Crippen molar-refractivity contribution in [2.24, 2.45) is 5.73 Å². The highest BCUT2D eigenvalue weighted by Crippen LogP contribution is 2.29. The Kier molecular flexibility index (Phi) is 3.99. The van der Waals surface area contributed by atoms with E-state index >= 15 is 0 Å². The summed E-state index contributed by atoms with van der Waals surface area (Å²) in [6, 6.07) is 2.19. The van der Waals surface area contributed by atoms with Crippen molar-refractivity contribution < 1.29 is 8.78 Å². The predicted octanol–water partition coefficient (Wildman–Crippen LogP) is 3.69. The third-order valence-electron chi connectivity index (χ3n) is 2.03. The van der Waals surface area contributed by atoms with Crippen molar-refractivity contribution in [3.63, 3.8) is 0 Å². The van der Waals surface area contributed by atoms with E-state index in [2.05, 4.69) is 22.5 Å².